The standard InChI is InChI=1S/C14H22NO3P/c1-17-19-11-9-14(16)8-5-10-15-18-12-13-6-3-2-4-7-13/h2-4,6-7,10,14,16,19H,5,8-9,11-12H2,1H3/b15-10+. The van der Waals surface area contributed by atoms with Gasteiger partial charge in [0.1, 0.15) is 6.61 Å². The van der Waals surface area contributed by atoms with Gasteiger partial charge in [-0.1, -0.05) is 35.5 Å². The molecule has 0 aliphatic heterocycles. The van der Waals surface area contributed by atoms with Crippen LogP contribution in [0.15, 0.2) is 35.5 Å². The fraction of sp³-hybridized carbons (Fsp3) is 0.500. The lowest BCUT2D eigenvalue weighted by atomic mass is 10.2. The van der Waals surface area contributed by atoms with Gasteiger partial charge in [-0.3, -0.25) is 0 Å². The fourth-order valence-electron chi connectivity index (χ4n) is 1.53. The van der Waals surface area contributed by atoms with Crippen molar-refractivity contribution < 1.29 is 14.5 Å². The molecule has 0 amide bonds. The van der Waals surface area contributed by atoms with E-state index in [1.807, 2.05) is 30.3 Å². The largest absolute Gasteiger partial charge is 0.393 e. The quantitative estimate of drug-likeness (QED) is 0.311. The Bertz CT molecular complexity index is 346. The first-order chi connectivity index (χ1) is 9.33. The van der Waals surface area contributed by atoms with Crippen LogP contribution in [0.25, 0.3) is 0 Å². The van der Waals surface area contributed by atoms with Gasteiger partial charge in [0, 0.05) is 22.1 Å². The summed E-state index contributed by atoms with van der Waals surface area (Å²) in [5.74, 6) is 0. The average molecular weight is 283 g/mol. The third-order valence-electron chi connectivity index (χ3n) is 2.58. The normalized spacial score (nSPS) is 13.4. The Morgan fingerprint density at radius 2 is 2.11 bits per heavy atom. The molecule has 0 heterocycles. The number of aliphatic hydroxyl groups excluding tert-OH is 1. The molecule has 0 saturated carbocycles. The van der Waals surface area contributed by atoms with Crippen molar-refractivity contribution in [2.45, 2.75) is 32.0 Å². The minimum absolute atomic E-state index is 0.275. The highest BCUT2D eigenvalue weighted by atomic mass is 31.1. The molecular formula is C14H22NO3P. The molecule has 4 nitrogen and oxygen atoms in total. The highest BCUT2D eigenvalue weighted by molar-refractivity contribution is 7.32. The molecule has 1 aromatic rings. The smallest absolute Gasteiger partial charge is 0.142 e. The van der Waals surface area contributed by atoms with Crippen molar-refractivity contribution in [1.29, 1.82) is 0 Å². The van der Waals surface area contributed by atoms with E-state index in [1.54, 1.807) is 13.3 Å². The van der Waals surface area contributed by atoms with Gasteiger partial charge in [0.2, 0.25) is 0 Å². The molecule has 0 aliphatic rings. The summed E-state index contributed by atoms with van der Waals surface area (Å²) in [6, 6.07) is 9.91. The van der Waals surface area contributed by atoms with E-state index in [0.717, 1.165) is 24.6 Å². The van der Waals surface area contributed by atoms with Gasteiger partial charge in [0.05, 0.1) is 6.10 Å². The summed E-state index contributed by atoms with van der Waals surface area (Å²) in [6.45, 7) is 0.481. The van der Waals surface area contributed by atoms with Crippen LogP contribution in [0.5, 0.6) is 0 Å². The Balaban J connectivity index is 2.01. The van der Waals surface area contributed by atoms with Gasteiger partial charge in [-0.2, -0.15) is 0 Å². The Hall–Kier alpha value is -0.960. The maximum atomic E-state index is 9.66. The van der Waals surface area contributed by atoms with E-state index in [2.05, 4.69) is 5.16 Å². The van der Waals surface area contributed by atoms with Gasteiger partial charge in [-0.25, -0.2) is 0 Å². The SMILES string of the molecule is COPCCC(O)CC/C=N/OCc1ccccc1. The summed E-state index contributed by atoms with van der Waals surface area (Å²) in [4.78, 5) is 5.17. The zero-order valence-corrected chi connectivity index (χ0v) is 12.3. The van der Waals surface area contributed by atoms with E-state index < -0.39 is 0 Å². The lowest BCUT2D eigenvalue weighted by Crippen LogP contribution is -2.07. The highest BCUT2D eigenvalue weighted by Crippen LogP contribution is 2.13. The Morgan fingerprint density at radius 3 is 2.84 bits per heavy atom. The molecule has 0 aliphatic carbocycles. The van der Waals surface area contributed by atoms with Gasteiger partial charge in [0.15, 0.2) is 0 Å². The van der Waals surface area contributed by atoms with E-state index in [4.69, 9.17) is 9.36 Å². The zero-order valence-electron chi connectivity index (χ0n) is 11.3. The van der Waals surface area contributed by atoms with Crippen LogP contribution in [0.3, 0.4) is 0 Å². The molecule has 0 saturated heterocycles. The molecule has 2 unspecified atom stereocenters. The predicted octanol–water partition coefficient (Wildman–Crippen LogP) is 2.96. The monoisotopic (exact) mass is 283 g/mol. The lowest BCUT2D eigenvalue weighted by Gasteiger charge is -2.07. The van der Waals surface area contributed by atoms with Gasteiger partial charge < -0.3 is 14.5 Å². The maximum Gasteiger partial charge on any atom is 0.142 e. The van der Waals surface area contributed by atoms with Crippen molar-refractivity contribution in [3.63, 3.8) is 0 Å². The molecule has 0 spiro atoms. The molecule has 106 valence electrons. The van der Waals surface area contributed by atoms with Crippen LogP contribution in [0.2, 0.25) is 0 Å². The first kappa shape index (κ1) is 16.1. The molecular weight excluding hydrogens is 261 g/mol. The van der Waals surface area contributed by atoms with E-state index in [-0.39, 0.29) is 6.10 Å². The van der Waals surface area contributed by atoms with Crippen molar-refractivity contribution >= 4 is 15.0 Å². The Kier molecular flexibility index (Phi) is 9.25. The van der Waals surface area contributed by atoms with Gasteiger partial charge >= 0.3 is 0 Å². The lowest BCUT2D eigenvalue weighted by molar-refractivity contribution is 0.130. The van der Waals surface area contributed by atoms with E-state index in [9.17, 15) is 5.11 Å². The molecule has 1 aromatic carbocycles. The molecule has 1 N–H and O–H groups in total. The number of benzene rings is 1. The van der Waals surface area contributed by atoms with Crippen LogP contribution in [-0.4, -0.2) is 30.7 Å². The van der Waals surface area contributed by atoms with Crippen LogP contribution in [0.1, 0.15) is 24.8 Å². The second-order valence-electron chi connectivity index (χ2n) is 4.17. The molecule has 0 bridgehead atoms. The molecule has 5 heteroatoms. The molecule has 0 fully saturated rings. The summed E-state index contributed by atoms with van der Waals surface area (Å²) in [5, 5.41) is 13.5. The molecule has 2 atom stereocenters. The number of rotatable bonds is 10. The molecule has 1 rings (SSSR count). The number of aliphatic hydroxyl groups is 1. The molecule has 19 heavy (non-hydrogen) atoms. The topological polar surface area (TPSA) is 51.0 Å². The highest BCUT2D eigenvalue weighted by Gasteiger charge is 2.02. The third kappa shape index (κ3) is 8.71. The van der Waals surface area contributed by atoms with Crippen molar-refractivity contribution in [3.05, 3.63) is 35.9 Å². The van der Waals surface area contributed by atoms with Gasteiger partial charge in [-0.05, 0) is 31.0 Å². The first-order valence-electron chi connectivity index (χ1n) is 6.44. The van der Waals surface area contributed by atoms with Crippen molar-refractivity contribution in [3.8, 4) is 0 Å². The third-order valence-corrected chi connectivity index (χ3v) is 3.36. The number of hydrogen-bond acceptors (Lipinski definition) is 4. The van der Waals surface area contributed by atoms with E-state index in [0.29, 0.717) is 21.8 Å². The van der Waals surface area contributed by atoms with Crippen LogP contribution in [0, 0.1) is 0 Å². The summed E-state index contributed by atoms with van der Waals surface area (Å²) in [5.41, 5.74) is 1.10. The number of hydrogen-bond donors (Lipinski definition) is 1. The van der Waals surface area contributed by atoms with Crippen LogP contribution in [0.4, 0.5) is 0 Å². The zero-order chi connectivity index (χ0) is 13.8. The summed E-state index contributed by atoms with van der Waals surface area (Å²) >= 11 is 0. The van der Waals surface area contributed by atoms with Crippen molar-refractivity contribution in [2.75, 3.05) is 13.3 Å². The van der Waals surface area contributed by atoms with Gasteiger partial charge in [0.25, 0.3) is 0 Å². The Morgan fingerprint density at radius 1 is 1.32 bits per heavy atom. The summed E-state index contributed by atoms with van der Waals surface area (Å²) in [7, 11) is 2.16. The van der Waals surface area contributed by atoms with Crippen LogP contribution in [-0.2, 0) is 16.0 Å². The number of oxime groups is 1. The predicted molar refractivity (Wildman–Crippen MR) is 79.8 cm³/mol. The molecule has 0 radical (unpaired) electrons. The van der Waals surface area contributed by atoms with Gasteiger partial charge in [-0.15, -0.1) is 0 Å². The summed E-state index contributed by atoms with van der Waals surface area (Å²) in [6.07, 6.45) is 4.58. The minimum Gasteiger partial charge on any atom is -0.393 e. The number of nitrogens with zero attached hydrogens (tertiary/aromatic N) is 1. The Labute approximate surface area is 116 Å². The summed E-state index contributed by atoms with van der Waals surface area (Å²) < 4.78 is 4.96. The average Bonchev–Trinajstić information content (AvgIpc) is 2.44. The van der Waals surface area contributed by atoms with Crippen molar-refractivity contribution in [1.82, 2.24) is 0 Å². The minimum atomic E-state index is -0.275. The van der Waals surface area contributed by atoms with Crippen molar-refractivity contribution in [2.24, 2.45) is 5.16 Å². The second kappa shape index (κ2) is 10.9. The van der Waals surface area contributed by atoms with Crippen LogP contribution >= 0.6 is 8.81 Å². The first-order valence-corrected chi connectivity index (χ1v) is 7.56. The van der Waals surface area contributed by atoms with Crippen LogP contribution < -0.4 is 0 Å². The maximum absolute atomic E-state index is 9.66. The second-order valence-corrected chi connectivity index (χ2v) is 5.36. The van der Waals surface area contributed by atoms with E-state index >= 15 is 0 Å². The van der Waals surface area contributed by atoms with E-state index in [1.165, 1.54) is 0 Å². The molecule has 0 aromatic heterocycles. The fourth-order valence-corrected chi connectivity index (χ4v) is 2.19.